The van der Waals surface area contributed by atoms with Gasteiger partial charge >= 0.3 is 0 Å². The van der Waals surface area contributed by atoms with Gasteiger partial charge in [-0.1, -0.05) is 36.8 Å². The van der Waals surface area contributed by atoms with Crippen LogP contribution < -0.4 is 10.2 Å². The Kier molecular flexibility index (Phi) is 5.92. The van der Waals surface area contributed by atoms with Crippen LogP contribution >= 0.6 is 0 Å². The number of hydrogen-bond acceptors (Lipinski definition) is 3. The van der Waals surface area contributed by atoms with Gasteiger partial charge in [-0.15, -0.1) is 0 Å². The molecule has 4 nitrogen and oxygen atoms in total. The van der Waals surface area contributed by atoms with Crippen LogP contribution in [0.5, 0.6) is 5.75 Å². The normalized spacial score (nSPS) is 11.2. The van der Waals surface area contributed by atoms with Gasteiger partial charge in [0.05, 0.1) is 12.3 Å². The molecule has 2 rings (SSSR count). The highest BCUT2D eigenvalue weighted by molar-refractivity contribution is 6.02. The van der Waals surface area contributed by atoms with Crippen molar-refractivity contribution in [3.8, 4) is 5.75 Å². The molecule has 2 aromatic rings. The van der Waals surface area contributed by atoms with Crippen molar-refractivity contribution < 1.29 is 9.53 Å². The van der Waals surface area contributed by atoms with E-state index in [2.05, 4.69) is 10.5 Å². The zero-order chi connectivity index (χ0) is 16.7. The topological polar surface area (TPSA) is 50.7 Å². The molecule has 0 unspecified atom stereocenters. The first-order valence-corrected chi connectivity index (χ1v) is 7.80. The molecule has 0 saturated carbocycles. The third kappa shape index (κ3) is 4.68. The Labute approximate surface area is 137 Å². The second-order valence-corrected chi connectivity index (χ2v) is 5.18. The summed E-state index contributed by atoms with van der Waals surface area (Å²) in [4.78, 5) is 12.2. The lowest BCUT2D eigenvalue weighted by molar-refractivity contribution is 0.0955. The molecular weight excluding hydrogens is 288 g/mol. The highest BCUT2D eigenvalue weighted by atomic mass is 16.5. The van der Waals surface area contributed by atoms with Crippen LogP contribution in [0.25, 0.3) is 0 Å². The maximum absolute atomic E-state index is 12.2. The molecule has 0 aliphatic carbocycles. The number of hydrogen-bond donors (Lipinski definition) is 1. The minimum Gasteiger partial charge on any atom is -0.494 e. The first kappa shape index (κ1) is 16.7. The SMILES string of the molecule is CCOc1ccc(C(=O)NN=C(CC)c2ccc(C)cc2)cc1. The van der Waals surface area contributed by atoms with Crippen molar-refractivity contribution in [1.29, 1.82) is 0 Å². The minimum absolute atomic E-state index is 0.230. The zero-order valence-electron chi connectivity index (χ0n) is 13.8. The Bertz CT molecular complexity index is 674. The van der Waals surface area contributed by atoms with Gasteiger partial charge in [0, 0.05) is 5.56 Å². The number of hydrazone groups is 1. The van der Waals surface area contributed by atoms with E-state index in [1.54, 1.807) is 24.3 Å². The summed E-state index contributed by atoms with van der Waals surface area (Å²) in [7, 11) is 0. The molecule has 0 aliphatic heterocycles. The molecule has 0 spiro atoms. The smallest absolute Gasteiger partial charge is 0.271 e. The van der Waals surface area contributed by atoms with Crippen molar-refractivity contribution in [2.45, 2.75) is 27.2 Å². The molecule has 0 aromatic heterocycles. The van der Waals surface area contributed by atoms with Gasteiger partial charge in [0.15, 0.2) is 0 Å². The molecule has 0 aliphatic rings. The molecule has 0 fully saturated rings. The van der Waals surface area contributed by atoms with Crippen LogP contribution in [0.1, 0.15) is 41.8 Å². The predicted octanol–water partition coefficient (Wildman–Crippen LogP) is 3.94. The van der Waals surface area contributed by atoms with Gasteiger partial charge in [-0.05, 0) is 50.1 Å². The van der Waals surface area contributed by atoms with Crippen molar-refractivity contribution in [2.75, 3.05) is 6.61 Å². The standard InChI is InChI=1S/C19H22N2O2/c1-4-18(15-8-6-14(3)7-9-15)20-21-19(22)16-10-12-17(13-11-16)23-5-2/h6-13H,4-5H2,1-3H3,(H,21,22). The van der Waals surface area contributed by atoms with Crippen LogP contribution in [-0.4, -0.2) is 18.2 Å². The lowest BCUT2D eigenvalue weighted by atomic mass is 10.1. The number of aryl methyl sites for hydroxylation is 1. The predicted molar refractivity (Wildman–Crippen MR) is 93.1 cm³/mol. The lowest BCUT2D eigenvalue weighted by Gasteiger charge is -2.07. The molecule has 0 radical (unpaired) electrons. The van der Waals surface area contributed by atoms with Gasteiger partial charge in [0.1, 0.15) is 5.75 Å². The van der Waals surface area contributed by atoms with Crippen molar-refractivity contribution in [3.63, 3.8) is 0 Å². The van der Waals surface area contributed by atoms with E-state index in [0.717, 1.165) is 23.4 Å². The Hall–Kier alpha value is -2.62. The monoisotopic (exact) mass is 310 g/mol. The van der Waals surface area contributed by atoms with Crippen LogP contribution in [-0.2, 0) is 0 Å². The van der Waals surface area contributed by atoms with Gasteiger partial charge in [-0.25, -0.2) is 5.43 Å². The largest absolute Gasteiger partial charge is 0.494 e. The number of benzene rings is 2. The molecule has 0 heterocycles. The van der Waals surface area contributed by atoms with Gasteiger partial charge in [-0.3, -0.25) is 4.79 Å². The molecule has 0 saturated heterocycles. The van der Waals surface area contributed by atoms with Crippen LogP contribution in [0.2, 0.25) is 0 Å². The average Bonchev–Trinajstić information content (AvgIpc) is 2.57. The summed E-state index contributed by atoms with van der Waals surface area (Å²) in [5.41, 5.74) is 6.24. The van der Waals surface area contributed by atoms with Crippen LogP contribution in [0.3, 0.4) is 0 Å². The van der Waals surface area contributed by atoms with E-state index >= 15 is 0 Å². The summed E-state index contributed by atoms with van der Waals surface area (Å²) in [6.07, 6.45) is 0.743. The van der Waals surface area contributed by atoms with Crippen LogP contribution in [0, 0.1) is 6.92 Å². The number of carbonyl (C=O) groups excluding carboxylic acids is 1. The van der Waals surface area contributed by atoms with Crippen molar-refractivity contribution >= 4 is 11.6 Å². The van der Waals surface area contributed by atoms with Gasteiger partial charge in [0.25, 0.3) is 5.91 Å². The molecule has 2 aromatic carbocycles. The summed E-state index contributed by atoms with van der Waals surface area (Å²) in [5.74, 6) is 0.521. The quantitative estimate of drug-likeness (QED) is 0.649. The Balaban J connectivity index is 2.07. The number of nitrogens with zero attached hydrogens (tertiary/aromatic N) is 1. The molecule has 120 valence electrons. The van der Waals surface area contributed by atoms with Gasteiger partial charge < -0.3 is 4.74 Å². The molecule has 23 heavy (non-hydrogen) atoms. The van der Waals surface area contributed by atoms with Crippen LogP contribution in [0.4, 0.5) is 0 Å². The van der Waals surface area contributed by atoms with Crippen molar-refractivity contribution in [1.82, 2.24) is 5.43 Å². The van der Waals surface area contributed by atoms with Crippen molar-refractivity contribution in [3.05, 3.63) is 65.2 Å². The molecular formula is C19H22N2O2. The summed E-state index contributed by atoms with van der Waals surface area (Å²) >= 11 is 0. The first-order chi connectivity index (χ1) is 11.1. The third-order valence-corrected chi connectivity index (χ3v) is 3.44. The molecule has 4 heteroatoms. The molecule has 0 bridgehead atoms. The second kappa shape index (κ2) is 8.13. The number of ether oxygens (including phenoxy) is 1. The lowest BCUT2D eigenvalue weighted by Crippen LogP contribution is -2.20. The number of rotatable bonds is 6. The fourth-order valence-electron chi connectivity index (χ4n) is 2.15. The van der Waals surface area contributed by atoms with E-state index in [9.17, 15) is 4.79 Å². The number of nitrogens with one attached hydrogen (secondary N) is 1. The molecule has 1 N–H and O–H groups in total. The minimum atomic E-state index is -0.230. The number of carbonyl (C=O) groups is 1. The summed E-state index contributed by atoms with van der Waals surface area (Å²) < 4.78 is 5.36. The summed E-state index contributed by atoms with van der Waals surface area (Å²) in [5, 5.41) is 4.26. The number of amides is 1. The van der Waals surface area contributed by atoms with E-state index in [-0.39, 0.29) is 5.91 Å². The van der Waals surface area contributed by atoms with E-state index in [1.165, 1.54) is 5.56 Å². The van der Waals surface area contributed by atoms with E-state index in [4.69, 9.17) is 4.74 Å². The third-order valence-electron chi connectivity index (χ3n) is 3.44. The first-order valence-electron chi connectivity index (χ1n) is 7.80. The maximum Gasteiger partial charge on any atom is 0.271 e. The van der Waals surface area contributed by atoms with E-state index < -0.39 is 0 Å². The Morgan fingerprint density at radius 2 is 1.61 bits per heavy atom. The Morgan fingerprint density at radius 3 is 2.17 bits per heavy atom. The van der Waals surface area contributed by atoms with Crippen LogP contribution in [0.15, 0.2) is 53.6 Å². The van der Waals surface area contributed by atoms with Gasteiger partial charge in [0.2, 0.25) is 0 Å². The van der Waals surface area contributed by atoms with Crippen molar-refractivity contribution in [2.24, 2.45) is 5.10 Å². The van der Waals surface area contributed by atoms with E-state index in [1.807, 2.05) is 45.0 Å². The zero-order valence-corrected chi connectivity index (χ0v) is 13.8. The molecule has 0 atom stereocenters. The summed E-state index contributed by atoms with van der Waals surface area (Å²) in [6.45, 7) is 6.58. The molecule has 1 amide bonds. The van der Waals surface area contributed by atoms with E-state index in [0.29, 0.717) is 12.2 Å². The fraction of sp³-hybridized carbons (Fsp3) is 0.263. The maximum atomic E-state index is 12.2. The Morgan fingerprint density at radius 1 is 1.00 bits per heavy atom. The highest BCUT2D eigenvalue weighted by Crippen LogP contribution is 2.12. The second-order valence-electron chi connectivity index (χ2n) is 5.18. The summed E-state index contributed by atoms with van der Waals surface area (Å²) in [6, 6.07) is 15.1. The highest BCUT2D eigenvalue weighted by Gasteiger charge is 2.06. The fourth-order valence-corrected chi connectivity index (χ4v) is 2.15. The average molecular weight is 310 g/mol. The van der Waals surface area contributed by atoms with Gasteiger partial charge in [-0.2, -0.15) is 5.10 Å².